The van der Waals surface area contributed by atoms with E-state index in [0.717, 1.165) is 39.2 Å². The Kier molecular flexibility index (Phi) is 5.47. The molecule has 240 valence electrons. The van der Waals surface area contributed by atoms with Crippen LogP contribution in [0.2, 0.25) is 0 Å². The van der Waals surface area contributed by atoms with Crippen LogP contribution in [0, 0.1) is 0 Å². The van der Waals surface area contributed by atoms with Crippen LogP contribution in [0.15, 0.2) is 170 Å². The maximum absolute atomic E-state index is 5.35. The lowest BCUT2D eigenvalue weighted by Crippen LogP contribution is -1.98. The minimum atomic E-state index is 0.862. The van der Waals surface area contributed by atoms with E-state index in [4.69, 9.17) is 9.97 Å². The second kappa shape index (κ2) is 10.3. The fourth-order valence-electron chi connectivity index (χ4n) is 8.82. The van der Waals surface area contributed by atoms with Gasteiger partial charge in [-0.3, -0.25) is 0 Å². The van der Waals surface area contributed by atoms with Gasteiger partial charge >= 0.3 is 0 Å². The molecule has 0 unspecified atom stereocenters. The maximum atomic E-state index is 5.35. The van der Waals surface area contributed by atoms with E-state index >= 15 is 0 Å². The summed E-state index contributed by atoms with van der Waals surface area (Å²) in [5.74, 6) is 0. The van der Waals surface area contributed by atoms with Crippen LogP contribution in [0.3, 0.4) is 0 Å². The van der Waals surface area contributed by atoms with E-state index in [1.165, 1.54) is 70.7 Å². The SMILES string of the molecule is c1ccc(-c2nc3ccc(-n4c5cccc6c7ccccc7n7c8c9ccccc9ccc8c8ccc4c(c65)c87)cc3nc2-c2ccccc2)cc1. The molecular weight excluding hydrogens is 633 g/mol. The second-order valence-corrected chi connectivity index (χ2v) is 13.8. The van der Waals surface area contributed by atoms with Crippen molar-refractivity contribution in [1.82, 2.24) is 18.9 Å². The van der Waals surface area contributed by atoms with E-state index in [9.17, 15) is 0 Å². The van der Waals surface area contributed by atoms with Crippen LogP contribution in [0.5, 0.6) is 0 Å². The summed E-state index contributed by atoms with van der Waals surface area (Å²) in [5, 5.41) is 10.1. The van der Waals surface area contributed by atoms with Gasteiger partial charge in [0.2, 0.25) is 0 Å². The van der Waals surface area contributed by atoms with Crippen molar-refractivity contribution in [3.8, 4) is 28.2 Å². The summed E-state index contributed by atoms with van der Waals surface area (Å²) >= 11 is 0. The van der Waals surface area contributed by atoms with Crippen LogP contribution in [0.25, 0.3) is 110 Å². The van der Waals surface area contributed by atoms with Crippen molar-refractivity contribution in [2.24, 2.45) is 0 Å². The summed E-state index contributed by atoms with van der Waals surface area (Å²) in [6.45, 7) is 0. The van der Waals surface area contributed by atoms with Crippen molar-refractivity contribution in [1.29, 1.82) is 0 Å². The molecule has 0 bridgehead atoms. The third-order valence-electron chi connectivity index (χ3n) is 11.0. The summed E-state index contributed by atoms with van der Waals surface area (Å²) in [6.07, 6.45) is 0. The summed E-state index contributed by atoms with van der Waals surface area (Å²) < 4.78 is 4.97. The Morgan fingerprint density at radius 1 is 0.365 bits per heavy atom. The molecule has 4 nitrogen and oxygen atoms in total. The van der Waals surface area contributed by atoms with E-state index < -0.39 is 0 Å². The fourth-order valence-corrected chi connectivity index (χ4v) is 8.82. The van der Waals surface area contributed by atoms with Gasteiger partial charge in [0, 0.05) is 49.1 Å². The molecule has 4 heteroatoms. The van der Waals surface area contributed by atoms with Crippen LogP contribution < -0.4 is 0 Å². The van der Waals surface area contributed by atoms with Crippen LogP contribution in [-0.4, -0.2) is 18.9 Å². The molecular formula is C48H28N4. The fraction of sp³-hybridized carbons (Fsp3) is 0. The summed E-state index contributed by atoms with van der Waals surface area (Å²) in [7, 11) is 0. The van der Waals surface area contributed by atoms with Crippen molar-refractivity contribution in [3.05, 3.63) is 170 Å². The van der Waals surface area contributed by atoms with Crippen molar-refractivity contribution in [3.63, 3.8) is 0 Å². The monoisotopic (exact) mass is 660 g/mol. The zero-order chi connectivity index (χ0) is 33.9. The lowest BCUT2D eigenvalue weighted by Gasteiger charge is -2.13. The lowest BCUT2D eigenvalue weighted by atomic mass is 10.0. The molecule has 0 radical (unpaired) electrons. The Morgan fingerprint density at radius 2 is 0.981 bits per heavy atom. The molecule has 0 aliphatic rings. The number of rotatable bonds is 3. The quantitative estimate of drug-likeness (QED) is 0.189. The number of nitrogens with zero attached hydrogens (tertiary/aromatic N) is 4. The van der Waals surface area contributed by atoms with Crippen molar-refractivity contribution in [2.45, 2.75) is 0 Å². The normalized spacial score (nSPS) is 12.2. The Morgan fingerprint density at radius 3 is 1.79 bits per heavy atom. The van der Waals surface area contributed by atoms with Crippen molar-refractivity contribution in [2.75, 3.05) is 0 Å². The first-order valence-corrected chi connectivity index (χ1v) is 17.8. The summed E-state index contributed by atoms with van der Waals surface area (Å²) in [4.78, 5) is 10.6. The number of hydrogen-bond acceptors (Lipinski definition) is 2. The van der Waals surface area contributed by atoms with Gasteiger partial charge < -0.3 is 8.97 Å². The molecule has 12 aromatic rings. The predicted octanol–water partition coefficient (Wildman–Crippen LogP) is 12.4. The van der Waals surface area contributed by atoms with Gasteiger partial charge in [0.25, 0.3) is 0 Å². The van der Waals surface area contributed by atoms with E-state index in [1.807, 2.05) is 12.1 Å². The third-order valence-corrected chi connectivity index (χ3v) is 11.0. The standard InChI is InChI=1S/C48H28N4/c1-3-13-30(14-4-1)45-46(31-15-5-2-6-16-31)50-39-28-32(23-26-38(39)49-45)51-41-21-11-19-35-34-18-9-10-20-40(34)52-47-33-17-8-7-12-29(33)22-24-36(47)37-25-27-42(51)44(43(35)41)48(37)52/h1-28H. The first kappa shape index (κ1) is 27.7. The smallest absolute Gasteiger partial charge is 0.0973 e. The molecule has 4 aromatic heterocycles. The first-order chi connectivity index (χ1) is 25.8. The molecule has 0 amide bonds. The topological polar surface area (TPSA) is 35.1 Å². The van der Waals surface area contributed by atoms with Gasteiger partial charge in [-0.2, -0.15) is 0 Å². The van der Waals surface area contributed by atoms with Gasteiger partial charge in [-0.05, 0) is 47.2 Å². The van der Waals surface area contributed by atoms with Crippen LogP contribution in [0.1, 0.15) is 0 Å². The third kappa shape index (κ3) is 3.65. The molecule has 0 saturated heterocycles. The molecule has 0 saturated carbocycles. The van der Waals surface area contributed by atoms with E-state index in [-0.39, 0.29) is 0 Å². The first-order valence-electron chi connectivity index (χ1n) is 17.8. The van der Waals surface area contributed by atoms with E-state index in [2.05, 4.69) is 167 Å². The highest BCUT2D eigenvalue weighted by atomic mass is 15.0. The molecule has 0 spiro atoms. The van der Waals surface area contributed by atoms with Crippen LogP contribution in [0.4, 0.5) is 0 Å². The van der Waals surface area contributed by atoms with Crippen LogP contribution >= 0.6 is 0 Å². The van der Waals surface area contributed by atoms with Crippen molar-refractivity contribution < 1.29 is 0 Å². The van der Waals surface area contributed by atoms with Gasteiger partial charge in [0.05, 0.1) is 50.0 Å². The van der Waals surface area contributed by atoms with Crippen LogP contribution in [-0.2, 0) is 0 Å². The average molecular weight is 661 g/mol. The molecule has 12 rings (SSSR count). The highest BCUT2D eigenvalue weighted by Gasteiger charge is 2.24. The van der Waals surface area contributed by atoms with E-state index in [0.29, 0.717) is 0 Å². The number of benzene rings is 8. The molecule has 4 heterocycles. The zero-order valence-electron chi connectivity index (χ0n) is 28.0. The largest absolute Gasteiger partial charge is 0.309 e. The molecule has 0 N–H and O–H groups in total. The second-order valence-electron chi connectivity index (χ2n) is 13.8. The minimum absolute atomic E-state index is 0.862. The predicted molar refractivity (Wildman–Crippen MR) is 217 cm³/mol. The van der Waals surface area contributed by atoms with Gasteiger partial charge in [0.15, 0.2) is 0 Å². The number of aromatic nitrogens is 4. The zero-order valence-corrected chi connectivity index (χ0v) is 28.0. The van der Waals surface area contributed by atoms with Gasteiger partial charge in [0.1, 0.15) is 0 Å². The number of hydrogen-bond donors (Lipinski definition) is 0. The maximum Gasteiger partial charge on any atom is 0.0973 e. The van der Waals surface area contributed by atoms with Gasteiger partial charge in [-0.15, -0.1) is 0 Å². The number of para-hydroxylation sites is 1. The van der Waals surface area contributed by atoms with Crippen molar-refractivity contribution >= 4 is 81.7 Å². The average Bonchev–Trinajstić information content (AvgIpc) is 3.70. The van der Waals surface area contributed by atoms with E-state index in [1.54, 1.807) is 0 Å². The highest BCUT2D eigenvalue weighted by Crippen LogP contribution is 2.46. The molecule has 0 aliphatic carbocycles. The van der Waals surface area contributed by atoms with Gasteiger partial charge in [-0.25, -0.2) is 9.97 Å². The minimum Gasteiger partial charge on any atom is -0.309 e. The Hall–Kier alpha value is -7.04. The molecule has 52 heavy (non-hydrogen) atoms. The van der Waals surface area contributed by atoms with Gasteiger partial charge in [-0.1, -0.05) is 133 Å². The molecule has 0 fully saturated rings. The number of fused-ring (bicyclic) bond motifs is 9. The lowest BCUT2D eigenvalue weighted by molar-refractivity contribution is 1.18. The Balaban J connectivity index is 1.22. The Bertz CT molecular complexity index is 3390. The Labute approximate surface area is 297 Å². The summed E-state index contributed by atoms with van der Waals surface area (Å²) in [6, 6.07) is 61.0. The molecule has 0 atom stereocenters. The summed E-state index contributed by atoms with van der Waals surface area (Å²) in [5.41, 5.74) is 12.7. The molecule has 8 aromatic carbocycles. The molecule has 0 aliphatic heterocycles. The highest BCUT2D eigenvalue weighted by molar-refractivity contribution is 6.34.